The molecular weight excluding hydrogens is 162 g/mol. The maximum absolute atomic E-state index is 11.7. The third kappa shape index (κ3) is 2.87. The molecule has 1 amide bonds. The van der Waals surface area contributed by atoms with Crippen LogP contribution in [0.5, 0.6) is 0 Å². The van der Waals surface area contributed by atoms with Crippen LogP contribution in [0.1, 0.15) is 39.5 Å². The molecule has 2 nitrogen and oxygen atoms in total. The molecule has 1 aliphatic carbocycles. The minimum absolute atomic E-state index is 0.149. The highest BCUT2D eigenvalue weighted by Gasteiger charge is 2.31. The molecule has 1 rings (SSSR count). The van der Waals surface area contributed by atoms with E-state index in [0.29, 0.717) is 11.6 Å². The van der Waals surface area contributed by atoms with Crippen molar-refractivity contribution in [3.63, 3.8) is 0 Å². The summed E-state index contributed by atoms with van der Waals surface area (Å²) >= 11 is 0. The summed E-state index contributed by atoms with van der Waals surface area (Å²) in [5, 5.41) is 0. The van der Waals surface area contributed by atoms with Gasteiger partial charge < -0.3 is 4.90 Å². The number of hydrogen-bond donors (Lipinski definition) is 0. The first-order chi connectivity index (χ1) is 6.16. The van der Waals surface area contributed by atoms with Gasteiger partial charge in [0.15, 0.2) is 0 Å². The fourth-order valence-electron chi connectivity index (χ4n) is 1.41. The second-order valence-corrected chi connectivity index (χ2v) is 3.86. The van der Waals surface area contributed by atoms with E-state index in [1.54, 1.807) is 6.92 Å². The normalized spacial score (nSPS) is 15.5. The Morgan fingerprint density at radius 1 is 1.54 bits per heavy atom. The molecule has 1 fully saturated rings. The van der Waals surface area contributed by atoms with Crippen molar-refractivity contribution in [3.8, 4) is 0 Å². The number of amides is 1. The highest BCUT2D eigenvalue weighted by molar-refractivity contribution is 5.92. The Hall–Kier alpha value is -0.790. The third-order valence-corrected chi connectivity index (χ3v) is 2.37. The molecule has 0 N–H and O–H groups in total. The minimum Gasteiger partial charge on any atom is -0.336 e. The average molecular weight is 181 g/mol. The van der Waals surface area contributed by atoms with Crippen LogP contribution in [0.2, 0.25) is 0 Å². The van der Waals surface area contributed by atoms with Crippen LogP contribution in [0.3, 0.4) is 0 Å². The van der Waals surface area contributed by atoms with E-state index in [1.807, 2.05) is 4.90 Å². The Bertz CT molecular complexity index is 206. The zero-order chi connectivity index (χ0) is 9.84. The predicted molar refractivity (Wildman–Crippen MR) is 54.5 cm³/mol. The minimum atomic E-state index is 0.149. The topological polar surface area (TPSA) is 20.3 Å². The molecule has 0 aromatic carbocycles. The maximum atomic E-state index is 11.7. The van der Waals surface area contributed by atoms with Crippen LogP contribution in [0, 0.1) is 0 Å². The van der Waals surface area contributed by atoms with Crippen LogP contribution >= 0.6 is 0 Å². The summed E-state index contributed by atoms with van der Waals surface area (Å²) in [5.41, 5.74) is 0.669. The summed E-state index contributed by atoms with van der Waals surface area (Å²) in [7, 11) is 0. The van der Waals surface area contributed by atoms with Gasteiger partial charge in [-0.3, -0.25) is 4.79 Å². The van der Waals surface area contributed by atoms with Gasteiger partial charge in [-0.2, -0.15) is 0 Å². The SMILES string of the molecule is C=C(C)C(=O)N(CCCC)C1CC1. The highest BCUT2D eigenvalue weighted by Crippen LogP contribution is 2.28. The zero-order valence-corrected chi connectivity index (χ0v) is 8.68. The van der Waals surface area contributed by atoms with Gasteiger partial charge in [-0.05, 0) is 26.2 Å². The molecule has 1 aliphatic rings. The largest absolute Gasteiger partial charge is 0.336 e. The van der Waals surface area contributed by atoms with Gasteiger partial charge in [0.25, 0.3) is 0 Å². The van der Waals surface area contributed by atoms with Gasteiger partial charge in [0.1, 0.15) is 0 Å². The van der Waals surface area contributed by atoms with Crippen molar-refractivity contribution in [1.82, 2.24) is 4.90 Å². The first-order valence-corrected chi connectivity index (χ1v) is 5.13. The Morgan fingerprint density at radius 2 is 2.15 bits per heavy atom. The summed E-state index contributed by atoms with van der Waals surface area (Å²) in [6.45, 7) is 8.56. The van der Waals surface area contributed by atoms with Crippen molar-refractivity contribution in [1.29, 1.82) is 0 Å². The van der Waals surface area contributed by atoms with E-state index in [4.69, 9.17) is 0 Å². The van der Waals surface area contributed by atoms with E-state index in [9.17, 15) is 4.79 Å². The number of unbranched alkanes of at least 4 members (excludes halogenated alkanes) is 1. The standard InChI is InChI=1S/C11H19NO/c1-4-5-8-12(10-6-7-10)11(13)9(2)3/h10H,2,4-8H2,1,3H3. The smallest absolute Gasteiger partial charge is 0.249 e. The first-order valence-electron chi connectivity index (χ1n) is 5.13. The van der Waals surface area contributed by atoms with Gasteiger partial charge in [0, 0.05) is 18.2 Å². The molecular formula is C11H19NO. The van der Waals surface area contributed by atoms with Crippen molar-refractivity contribution in [2.24, 2.45) is 0 Å². The van der Waals surface area contributed by atoms with Gasteiger partial charge in [0.05, 0.1) is 0 Å². The summed E-state index contributed by atoms with van der Waals surface area (Å²) in [6.07, 6.45) is 4.62. The van der Waals surface area contributed by atoms with Crippen molar-refractivity contribution >= 4 is 5.91 Å². The number of rotatable bonds is 5. The van der Waals surface area contributed by atoms with E-state index < -0.39 is 0 Å². The molecule has 0 bridgehead atoms. The number of nitrogens with zero attached hydrogens (tertiary/aromatic N) is 1. The van der Waals surface area contributed by atoms with Crippen LogP contribution in [0.15, 0.2) is 12.2 Å². The van der Waals surface area contributed by atoms with E-state index in [1.165, 1.54) is 12.8 Å². The molecule has 0 unspecified atom stereocenters. The summed E-state index contributed by atoms with van der Waals surface area (Å²) in [5.74, 6) is 0.149. The maximum Gasteiger partial charge on any atom is 0.249 e. The Morgan fingerprint density at radius 3 is 2.54 bits per heavy atom. The molecule has 0 spiro atoms. The van der Waals surface area contributed by atoms with E-state index in [2.05, 4.69) is 13.5 Å². The molecule has 0 aliphatic heterocycles. The lowest BCUT2D eigenvalue weighted by Crippen LogP contribution is -2.34. The zero-order valence-electron chi connectivity index (χ0n) is 8.68. The van der Waals surface area contributed by atoms with Gasteiger partial charge in [-0.25, -0.2) is 0 Å². The lowest BCUT2D eigenvalue weighted by Gasteiger charge is -2.22. The predicted octanol–water partition coefficient (Wildman–Crippen LogP) is 2.35. The molecule has 0 radical (unpaired) electrons. The highest BCUT2D eigenvalue weighted by atomic mass is 16.2. The molecule has 13 heavy (non-hydrogen) atoms. The van der Waals surface area contributed by atoms with Gasteiger partial charge in [-0.1, -0.05) is 19.9 Å². The molecule has 0 saturated heterocycles. The average Bonchev–Trinajstić information content (AvgIpc) is 2.88. The fourth-order valence-corrected chi connectivity index (χ4v) is 1.41. The van der Waals surface area contributed by atoms with E-state index >= 15 is 0 Å². The van der Waals surface area contributed by atoms with Crippen LogP contribution in [-0.4, -0.2) is 23.4 Å². The number of carbonyl (C=O) groups is 1. The van der Waals surface area contributed by atoms with Crippen molar-refractivity contribution in [2.75, 3.05) is 6.54 Å². The summed E-state index contributed by atoms with van der Waals surface area (Å²) in [6, 6.07) is 0.524. The molecule has 0 aromatic heterocycles. The van der Waals surface area contributed by atoms with Crippen molar-refractivity contribution in [3.05, 3.63) is 12.2 Å². The van der Waals surface area contributed by atoms with Crippen LogP contribution < -0.4 is 0 Å². The molecule has 1 saturated carbocycles. The third-order valence-electron chi connectivity index (χ3n) is 2.37. The summed E-state index contributed by atoms with van der Waals surface area (Å²) in [4.78, 5) is 13.6. The number of carbonyl (C=O) groups excluding carboxylic acids is 1. The monoisotopic (exact) mass is 181 g/mol. The summed E-state index contributed by atoms with van der Waals surface area (Å²) < 4.78 is 0. The molecule has 0 atom stereocenters. The first kappa shape index (κ1) is 10.3. The van der Waals surface area contributed by atoms with Gasteiger partial charge >= 0.3 is 0 Å². The van der Waals surface area contributed by atoms with Crippen LogP contribution in [0.25, 0.3) is 0 Å². The fraction of sp³-hybridized carbons (Fsp3) is 0.727. The van der Waals surface area contributed by atoms with E-state index in [-0.39, 0.29) is 5.91 Å². The molecule has 2 heteroatoms. The molecule has 0 heterocycles. The number of hydrogen-bond acceptors (Lipinski definition) is 1. The molecule has 0 aromatic rings. The Balaban J connectivity index is 2.46. The lowest BCUT2D eigenvalue weighted by atomic mass is 10.2. The van der Waals surface area contributed by atoms with Crippen LogP contribution in [-0.2, 0) is 4.79 Å². The van der Waals surface area contributed by atoms with Crippen molar-refractivity contribution in [2.45, 2.75) is 45.6 Å². The van der Waals surface area contributed by atoms with Crippen molar-refractivity contribution < 1.29 is 4.79 Å². The van der Waals surface area contributed by atoms with Crippen LogP contribution in [0.4, 0.5) is 0 Å². The lowest BCUT2D eigenvalue weighted by molar-refractivity contribution is -0.127. The molecule has 74 valence electrons. The van der Waals surface area contributed by atoms with E-state index in [0.717, 1.165) is 19.4 Å². The van der Waals surface area contributed by atoms with Gasteiger partial charge in [0.2, 0.25) is 5.91 Å². The second-order valence-electron chi connectivity index (χ2n) is 3.86. The van der Waals surface area contributed by atoms with Gasteiger partial charge in [-0.15, -0.1) is 0 Å². The second kappa shape index (κ2) is 4.45. The Kier molecular flexibility index (Phi) is 3.52. The Labute approximate surface area is 80.6 Å². The quantitative estimate of drug-likeness (QED) is 0.596.